The first-order valence-corrected chi connectivity index (χ1v) is 7.79. The van der Waals surface area contributed by atoms with Gasteiger partial charge in [-0.05, 0) is 42.2 Å². The fraction of sp³-hybridized carbons (Fsp3) is 0.368. The fourth-order valence-corrected chi connectivity index (χ4v) is 2.84. The van der Waals surface area contributed by atoms with Crippen LogP contribution < -0.4 is 4.74 Å². The molecule has 0 aromatic heterocycles. The molecule has 3 rings (SSSR count). The van der Waals surface area contributed by atoms with Crippen LogP contribution in [0.1, 0.15) is 35.6 Å². The lowest BCUT2D eigenvalue weighted by atomic mass is 9.96. The monoisotopic (exact) mass is 298 g/mol. The number of aliphatic hydroxyl groups is 1. The van der Waals surface area contributed by atoms with Gasteiger partial charge in [0.05, 0.1) is 12.2 Å². The highest BCUT2D eigenvalue weighted by atomic mass is 16.5. The van der Waals surface area contributed by atoms with Crippen LogP contribution in [-0.2, 0) is 11.3 Å². The highest BCUT2D eigenvalue weighted by molar-refractivity contribution is 5.36. The van der Waals surface area contributed by atoms with Gasteiger partial charge in [0.15, 0.2) is 0 Å². The standard InChI is InChI=1S/C19H22O3/c1-14-11-17(22-13-15-5-3-2-4-6-15)7-8-18(14)19-12-16(20)9-10-21-19/h2-8,11,16,19-20H,9-10,12-13H2,1H3. The van der Waals surface area contributed by atoms with Crippen LogP contribution in [0.4, 0.5) is 0 Å². The minimum atomic E-state index is -0.257. The molecule has 116 valence electrons. The molecule has 0 spiro atoms. The van der Waals surface area contributed by atoms with E-state index in [1.165, 1.54) is 0 Å². The Morgan fingerprint density at radius 3 is 2.73 bits per heavy atom. The molecule has 3 nitrogen and oxygen atoms in total. The van der Waals surface area contributed by atoms with Gasteiger partial charge in [0.2, 0.25) is 0 Å². The number of hydrogen-bond donors (Lipinski definition) is 1. The van der Waals surface area contributed by atoms with E-state index in [4.69, 9.17) is 9.47 Å². The summed E-state index contributed by atoms with van der Waals surface area (Å²) in [6.45, 7) is 3.25. The summed E-state index contributed by atoms with van der Waals surface area (Å²) in [5.74, 6) is 0.862. The quantitative estimate of drug-likeness (QED) is 0.933. The smallest absolute Gasteiger partial charge is 0.120 e. The van der Waals surface area contributed by atoms with Gasteiger partial charge in [-0.15, -0.1) is 0 Å². The molecule has 0 aliphatic carbocycles. The number of ether oxygens (including phenoxy) is 2. The van der Waals surface area contributed by atoms with Crippen molar-refractivity contribution in [3.63, 3.8) is 0 Å². The number of aliphatic hydroxyl groups excluding tert-OH is 1. The zero-order valence-electron chi connectivity index (χ0n) is 12.9. The van der Waals surface area contributed by atoms with Crippen LogP contribution in [0.15, 0.2) is 48.5 Å². The Hall–Kier alpha value is -1.84. The van der Waals surface area contributed by atoms with Crippen LogP contribution in [0.5, 0.6) is 5.75 Å². The maximum absolute atomic E-state index is 9.79. The zero-order chi connectivity index (χ0) is 15.4. The normalized spacial score (nSPS) is 21.5. The number of aryl methyl sites for hydroxylation is 1. The van der Waals surface area contributed by atoms with E-state index in [9.17, 15) is 5.11 Å². The van der Waals surface area contributed by atoms with E-state index < -0.39 is 0 Å². The third kappa shape index (κ3) is 3.67. The molecule has 2 atom stereocenters. The number of hydrogen-bond acceptors (Lipinski definition) is 3. The van der Waals surface area contributed by atoms with Gasteiger partial charge in [-0.3, -0.25) is 0 Å². The number of benzene rings is 2. The molecule has 0 amide bonds. The molecule has 0 bridgehead atoms. The molecule has 0 saturated carbocycles. The van der Waals surface area contributed by atoms with Gasteiger partial charge in [0, 0.05) is 13.0 Å². The van der Waals surface area contributed by atoms with Gasteiger partial charge in [-0.1, -0.05) is 36.4 Å². The second kappa shape index (κ2) is 6.95. The van der Waals surface area contributed by atoms with E-state index in [-0.39, 0.29) is 12.2 Å². The molecule has 1 aliphatic rings. The molecule has 1 heterocycles. The summed E-state index contributed by atoms with van der Waals surface area (Å²) in [7, 11) is 0. The van der Waals surface area contributed by atoms with Crippen molar-refractivity contribution in [2.45, 2.75) is 38.6 Å². The Bertz CT molecular complexity index is 609. The molecule has 2 aromatic rings. The van der Waals surface area contributed by atoms with Crippen LogP contribution in [0, 0.1) is 6.92 Å². The average Bonchev–Trinajstić information content (AvgIpc) is 2.54. The van der Waals surface area contributed by atoms with Crippen LogP contribution in [0.2, 0.25) is 0 Å². The van der Waals surface area contributed by atoms with Gasteiger partial charge < -0.3 is 14.6 Å². The molecule has 1 fully saturated rings. The average molecular weight is 298 g/mol. The molecule has 0 radical (unpaired) electrons. The lowest BCUT2D eigenvalue weighted by molar-refractivity contribution is -0.0450. The van der Waals surface area contributed by atoms with Crippen LogP contribution >= 0.6 is 0 Å². The first-order chi connectivity index (χ1) is 10.7. The maximum Gasteiger partial charge on any atom is 0.120 e. The van der Waals surface area contributed by atoms with Crippen molar-refractivity contribution in [3.8, 4) is 5.75 Å². The van der Waals surface area contributed by atoms with Crippen molar-refractivity contribution in [1.29, 1.82) is 0 Å². The van der Waals surface area contributed by atoms with Crippen LogP contribution in [0.25, 0.3) is 0 Å². The van der Waals surface area contributed by atoms with Crippen molar-refractivity contribution >= 4 is 0 Å². The second-order valence-electron chi connectivity index (χ2n) is 5.83. The summed E-state index contributed by atoms with van der Waals surface area (Å²) < 4.78 is 11.6. The van der Waals surface area contributed by atoms with Crippen molar-refractivity contribution in [3.05, 3.63) is 65.2 Å². The van der Waals surface area contributed by atoms with E-state index in [0.717, 1.165) is 28.9 Å². The van der Waals surface area contributed by atoms with Crippen LogP contribution in [-0.4, -0.2) is 17.8 Å². The molecule has 2 aromatic carbocycles. The Balaban J connectivity index is 1.66. The predicted molar refractivity (Wildman–Crippen MR) is 85.9 cm³/mol. The molecular weight excluding hydrogens is 276 g/mol. The van der Waals surface area contributed by atoms with E-state index >= 15 is 0 Å². The Labute approximate surface area is 131 Å². The summed E-state index contributed by atoms with van der Waals surface area (Å²) in [5.41, 5.74) is 3.44. The van der Waals surface area contributed by atoms with Gasteiger partial charge in [-0.2, -0.15) is 0 Å². The fourth-order valence-electron chi connectivity index (χ4n) is 2.84. The maximum atomic E-state index is 9.79. The molecule has 1 N–H and O–H groups in total. The van der Waals surface area contributed by atoms with Gasteiger partial charge in [0.25, 0.3) is 0 Å². The lowest BCUT2D eigenvalue weighted by Crippen LogP contribution is -2.23. The third-order valence-corrected chi connectivity index (χ3v) is 4.09. The van der Waals surface area contributed by atoms with Crippen molar-refractivity contribution in [2.75, 3.05) is 6.61 Å². The zero-order valence-corrected chi connectivity index (χ0v) is 12.9. The first kappa shape index (κ1) is 15.1. The highest BCUT2D eigenvalue weighted by Crippen LogP contribution is 2.32. The minimum Gasteiger partial charge on any atom is -0.489 e. The van der Waals surface area contributed by atoms with Crippen molar-refractivity contribution in [1.82, 2.24) is 0 Å². The first-order valence-electron chi connectivity index (χ1n) is 7.79. The SMILES string of the molecule is Cc1cc(OCc2ccccc2)ccc1C1CC(O)CCO1. The summed E-state index contributed by atoms with van der Waals surface area (Å²) in [4.78, 5) is 0. The third-order valence-electron chi connectivity index (χ3n) is 4.09. The Morgan fingerprint density at radius 2 is 2.00 bits per heavy atom. The van der Waals surface area contributed by atoms with Gasteiger partial charge in [-0.25, -0.2) is 0 Å². The second-order valence-corrected chi connectivity index (χ2v) is 5.83. The molecule has 3 heteroatoms. The molecule has 22 heavy (non-hydrogen) atoms. The van der Waals surface area contributed by atoms with E-state index in [2.05, 4.69) is 25.1 Å². The van der Waals surface area contributed by atoms with Gasteiger partial charge >= 0.3 is 0 Å². The molecular formula is C19H22O3. The number of rotatable bonds is 4. The van der Waals surface area contributed by atoms with E-state index in [1.54, 1.807) is 0 Å². The lowest BCUT2D eigenvalue weighted by Gasteiger charge is -2.28. The predicted octanol–water partition coefficient (Wildman–Crippen LogP) is 3.79. The van der Waals surface area contributed by atoms with E-state index in [0.29, 0.717) is 19.6 Å². The van der Waals surface area contributed by atoms with Crippen molar-refractivity contribution < 1.29 is 14.6 Å². The molecule has 2 unspecified atom stereocenters. The summed E-state index contributed by atoms with van der Waals surface area (Å²) in [5, 5.41) is 9.79. The van der Waals surface area contributed by atoms with Gasteiger partial charge in [0.1, 0.15) is 12.4 Å². The Kier molecular flexibility index (Phi) is 4.76. The van der Waals surface area contributed by atoms with Crippen molar-refractivity contribution in [2.24, 2.45) is 0 Å². The highest BCUT2D eigenvalue weighted by Gasteiger charge is 2.23. The minimum absolute atomic E-state index is 0.00748. The summed E-state index contributed by atoms with van der Waals surface area (Å²) in [6.07, 6.45) is 1.14. The van der Waals surface area contributed by atoms with Crippen LogP contribution in [0.3, 0.4) is 0 Å². The Morgan fingerprint density at radius 1 is 1.18 bits per heavy atom. The summed E-state index contributed by atoms with van der Waals surface area (Å²) in [6, 6.07) is 16.2. The van der Waals surface area contributed by atoms with E-state index in [1.807, 2.05) is 30.3 Å². The topological polar surface area (TPSA) is 38.7 Å². The molecule has 1 aliphatic heterocycles. The summed E-state index contributed by atoms with van der Waals surface area (Å²) >= 11 is 0. The molecule has 1 saturated heterocycles. The largest absolute Gasteiger partial charge is 0.489 e.